The van der Waals surface area contributed by atoms with Crippen molar-refractivity contribution in [3.63, 3.8) is 0 Å². The van der Waals surface area contributed by atoms with Crippen LogP contribution in [-0.2, 0) is 0 Å². The van der Waals surface area contributed by atoms with E-state index in [0.29, 0.717) is 11.6 Å². The summed E-state index contributed by atoms with van der Waals surface area (Å²) in [4.78, 5) is 2.47. The van der Waals surface area contributed by atoms with Crippen LogP contribution in [0.3, 0.4) is 0 Å². The van der Waals surface area contributed by atoms with Crippen molar-refractivity contribution in [2.24, 2.45) is 5.92 Å². The molecule has 1 aromatic heterocycles. The molecule has 0 saturated carbocycles. The lowest BCUT2D eigenvalue weighted by Gasteiger charge is -2.40. The van der Waals surface area contributed by atoms with Crippen LogP contribution in [-0.4, -0.2) is 39.9 Å². The topological polar surface area (TPSA) is 69.7 Å². The molecule has 5 nitrogen and oxygen atoms in total. The van der Waals surface area contributed by atoms with Gasteiger partial charge < -0.3 is 14.7 Å². The Morgan fingerprint density at radius 1 is 1.14 bits per heavy atom. The predicted octanol–water partition coefficient (Wildman–Crippen LogP) is 2.86. The number of hydrogen-bond acceptors (Lipinski definition) is 5. The highest BCUT2D eigenvalue weighted by atomic mass is 16.5. The summed E-state index contributed by atoms with van der Waals surface area (Å²) in [6.07, 6.45) is 4.57. The second-order valence-electron chi connectivity index (χ2n) is 6.09. The van der Waals surface area contributed by atoms with Crippen molar-refractivity contribution in [3.8, 4) is 22.8 Å². The molecule has 22 heavy (non-hydrogen) atoms. The Labute approximate surface area is 128 Å². The average molecular weight is 298 g/mol. The maximum Gasteiger partial charge on any atom is 0.160 e. The van der Waals surface area contributed by atoms with Crippen molar-refractivity contribution < 1.29 is 14.7 Å². The molecule has 0 spiro atoms. The smallest absolute Gasteiger partial charge is 0.160 e. The van der Waals surface area contributed by atoms with Crippen LogP contribution in [0, 0.1) is 5.92 Å². The molecule has 0 amide bonds. The summed E-state index contributed by atoms with van der Waals surface area (Å²) >= 11 is 0. The zero-order valence-corrected chi connectivity index (χ0v) is 12.2. The Hall–Kier alpha value is -2.27. The van der Waals surface area contributed by atoms with Crippen molar-refractivity contribution in [2.45, 2.75) is 12.8 Å². The highest BCUT2D eigenvalue weighted by Gasteiger charge is 2.29. The fourth-order valence-corrected chi connectivity index (χ4v) is 3.37. The fraction of sp³-hybridized carbons (Fsp3) is 0.353. The molecule has 2 bridgehead atoms. The van der Waals surface area contributed by atoms with Crippen LogP contribution in [0.4, 0.5) is 0 Å². The standard InChI is InChI=1S/C17H18N2O3/c20-16-2-1-12(8-17(16)21)15-9-14(22-18-15)7-13-10-19-5-3-11(13)4-6-19/h1-2,7-9,11,20-21H,3-6,10H2/b13-7-. The number of fused-ring (bicyclic) bond motifs is 3. The quantitative estimate of drug-likeness (QED) is 0.834. The van der Waals surface area contributed by atoms with Gasteiger partial charge in [0.2, 0.25) is 0 Å². The molecule has 3 saturated heterocycles. The van der Waals surface area contributed by atoms with Crippen LogP contribution in [0.1, 0.15) is 18.6 Å². The van der Waals surface area contributed by atoms with Gasteiger partial charge in [0.15, 0.2) is 17.3 Å². The van der Waals surface area contributed by atoms with Crippen molar-refractivity contribution in [2.75, 3.05) is 19.6 Å². The molecular weight excluding hydrogens is 280 g/mol. The summed E-state index contributed by atoms with van der Waals surface area (Å²) in [6.45, 7) is 3.44. The minimum absolute atomic E-state index is 0.137. The molecule has 0 aliphatic carbocycles. The highest BCUT2D eigenvalue weighted by Crippen LogP contribution is 2.34. The van der Waals surface area contributed by atoms with E-state index in [-0.39, 0.29) is 11.5 Å². The predicted molar refractivity (Wildman–Crippen MR) is 82.4 cm³/mol. The van der Waals surface area contributed by atoms with E-state index in [2.05, 4.69) is 16.1 Å². The monoisotopic (exact) mass is 298 g/mol. The first kappa shape index (κ1) is 13.4. The molecule has 2 N–H and O–H groups in total. The molecule has 5 rings (SSSR count). The van der Waals surface area contributed by atoms with Gasteiger partial charge in [-0.1, -0.05) is 5.16 Å². The van der Waals surface area contributed by atoms with E-state index >= 15 is 0 Å². The molecule has 0 unspecified atom stereocenters. The zero-order chi connectivity index (χ0) is 15.1. The molecule has 3 aliphatic rings. The molecule has 4 heterocycles. The van der Waals surface area contributed by atoms with Crippen LogP contribution < -0.4 is 0 Å². The Bertz CT molecular complexity index is 727. The average Bonchev–Trinajstić information content (AvgIpc) is 3.00. The highest BCUT2D eigenvalue weighted by molar-refractivity contribution is 5.65. The summed E-state index contributed by atoms with van der Waals surface area (Å²) in [5, 5.41) is 23.0. The number of hydrogen-bond donors (Lipinski definition) is 2. The first-order valence-corrected chi connectivity index (χ1v) is 7.61. The van der Waals surface area contributed by atoms with Crippen molar-refractivity contribution in [1.29, 1.82) is 0 Å². The number of nitrogens with zero attached hydrogens (tertiary/aromatic N) is 2. The Balaban J connectivity index is 1.60. The molecule has 0 radical (unpaired) electrons. The van der Waals surface area contributed by atoms with Crippen LogP contribution >= 0.6 is 0 Å². The van der Waals surface area contributed by atoms with Crippen LogP contribution in [0.25, 0.3) is 17.3 Å². The Morgan fingerprint density at radius 2 is 1.95 bits per heavy atom. The SMILES string of the molecule is Oc1ccc(-c2cc(/C=C3/CN4CCC3CC4)on2)cc1O. The van der Waals surface area contributed by atoms with Crippen LogP contribution in [0.15, 0.2) is 34.4 Å². The van der Waals surface area contributed by atoms with Gasteiger partial charge in [-0.25, -0.2) is 0 Å². The van der Waals surface area contributed by atoms with E-state index in [1.807, 2.05) is 6.07 Å². The maximum absolute atomic E-state index is 9.57. The number of phenols is 2. The third-order valence-electron chi connectivity index (χ3n) is 4.65. The maximum atomic E-state index is 9.57. The van der Waals surface area contributed by atoms with Gasteiger partial charge in [0.05, 0.1) is 0 Å². The van der Waals surface area contributed by atoms with Gasteiger partial charge in [-0.15, -0.1) is 0 Å². The molecular formula is C17H18N2O3. The minimum atomic E-state index is -0.155. The number of aromatic hydroxyl groups is 2. The minimum Gasteiger partial charge on any atom is -0.504 e. The van der Waals surface area contributed by atoms with E-state index in [1.165, 1.54) is 43.6 Å². The van der Waals surface area contributed by atoms with Crippen molar-refractivity contribution in [3.05, 3.63) is 35.6 Å². The van der Waals surface area contributed by atoms with E-state index in [9.17, 15) is 10.2 Å². The summed E-state index contributed by atoms with van der Waals surface area (Å²) in [6, 6.07) is 6.51. The van der Waals surface area contributed by atoms with Gasteiger partial charge in [0, 0.05) is 18.2 Å². The summed E-state index contributed by atoms with van der Waals surface area (Å²) in [5.74, 6) is 1.13. The summed E-state index contributed by atoms with van der Waals surface area (Å²) < 4.78 is 5.41. The molecule has 3 fully saturated rings. The third-order valence-corrected chi connectivity index (χ3v) is 4.65. The molecule has 2 aromatic rings. The number of benzene rings is 1. The normalized spacial score (nSPS) is 25.7. The van der Waals surface area contributed by atoms with Gasteiger partial charge in [-0.05, 0) is 61.7 Å². The fourth-order valence-electron chi connectivity index (χ4n) is 3.37. The number of aromatic nitrogens is 1. The molecule has 114 valence electrons. The van der Waals surface area contributed by atoms with Gasteiger partial charge in [0.25, 0.3) is 0 Å². The summed E-state index contributed by atoms with van der Waals surface area (Å²) in [7, 11) is 0. The van der Waals surface area contributed by atoms with E-state index in [1.54, 1.807) is 6.07 Å². The zero-order valence-electron chi connectivity index (χ0n) is 12.2. The van der Waals surface area contributed by atoms with Gasteiger partial charge in [0.1, 0.15) is 5.69 Å². The first-order valence-electron chi connectivity index (χ1n) is 7.61. The first-order chi connectivity index (χ1) is 10.7. The Morgan fingerprint density at radius 3 is 2.64 bits per heavy atom. The second kappa shape index (κ2) is 5.18. The lowest BCUT2D eigenvalue weighted by molar-refractivity contribution is 0.163. The van der Waals surface area contributed by atoms with Crippen molar-refractivity contribution >= 4 is 6.08 Å². The van der Waals surface area contributed by atoms with Gasteiger partial charge in [-0.2, -0.15) is 0 Å². The molecule has 0 atom stereocenters. The second-order valence-corrected chi connectivity index (χ2v) is 6.09. The van der Waals surface area contributed by atoms with Gasteiger partial charge in [-0.3, -0.25) is 4.90 Å². The van der Waals surface area contributed by atoms with E-state index in [0.717, 1.165) is 17.9 Å². The summed E-state index contributed by atoms with van der Waals surface area (Å²) in [5.41, 5.74) is 2.80. The molecule has 1 aromatic carbocycles. The number of phenolic OH excluding ortho intramolecular Hbond substituents is 2. The van der Waals surface area contributed by atoms with Crippen LogP contribution in [0.2, 0.25) is 0 Å². The van der Waals surface area contributed by atoms with Crippen LogP contribution in [0.5, 0.6) is 11.5 Å². The number of rotatable bonds is 2. The van der Waals surface area contributed by atoms with E-state index < -0.39 is 0 Å². The van der Waals surface area contributed by atoms with Crippen molar-refractivity contribution in [1.82, 2.24) is 10.1 Å². The molecule has 3 aliphatic heterocycles. The Kier molecular flexibility index (Phi) is 3.15. The molecule has 5 heteroatoms. The largest absolute Gasteiger partial charge is 0.504 e. The lowest BCUT2D eigenvalue weighted by atomic mass is 9.83. The lowest BCUT2D eigenvalue weighted by Crippen LogP contribution is -2.42. The van der Waals surface area contributed by atoms with E-state index in [4.69, 9.17) is 4.52 Å². The van der Waals surface area contributed by atoms with Gasteiger partial charge >= 0.3 is 0 Å². The number of piperidine rings is 3. The third kappa shape index (κ3) is 2.37.